The second-order valence-corrected chi connectivity index (χ2v) is 4.07. The summed E-state index contributed by atoms with van der Waals surface area (Å²) in [7, 11) is 0. The van der Waals surface area contributed by atoms with E-state index in [9.17, 15) is 0 Å². The van der Waals surface area contributed by atoms with Crippen LogP contribution in [0.25, 0.3) is 11.5 Å². The molecule has 2 heterocycles. The van der Waals surface area contributed by atoms with Gasteiger partial charge in [0.25, 0.3) is 0 Å². The molecule has 3 rings (SSSR count). The molecule has 0 saturated heterocycles. The van der Waals surface area contributed by atoms with Crippen LogP contribution in [0.3, 0.4) is 0 Å². The summed E-state index contributed by atoms with van der Waals surface area (Å²) in [6, 6.07) is 1.75. The van der Waals surface area contributed by atoms with Gasteiger partial charge < -0.3 is 10.3 Å². The van der Waals surface area contributed by atoms with E-state index in [1.807, 2.05) is 6.92 Å². The van der Waals surface area contributed by atoms with Crippen molar-refractivity contribution in [1.29, 1.82) is 0 Å². The first-order valence-electron chi connectivity index (χ1n) is 5.10. The predicted octanol–water partition coefficient (Wildman–Crippen LogP) is 0.783. The van der Waals surface area contributed by atoms with E-state index in [-0.39, 0.29) is 0 Å². The Labute approximate surface area is 91.9 Å². The molecule has 6 heteroatoms. The lowest BCUT2D eigenvalue weighted by Crippen LogP contribution is -2.18. The number of aromatic nitrogens is 4. The third-order valence-corrected chi connectivity index (χ3v) is 2.65. The van der Waals surface area contributed by atoms with Crippen molar-refractivity contribution in [1.82, 2.24) is 20.1 Å². The van der Waals surface area contributed by atoms with Gasteiger partial charge >= 0.3 is 0 Å². The molecule has 0 unspecified atom stereocenters. The fraction of sp³-hybridized carbons (Fsp3) is 0.400. The Morgan fingerprint density at radius 1 is 1.38 bits per heavy atom. The molecule has 82 valence electrons. The largest absolute Gasteiger partial charge is 0.337 e. The van der Waals surface area contributed by atoms with E-state index < -0.39 is 5.54 Å². The van der Waals surface area contributed by atoms with E-state index in [1.165, 1.54) is 0 Å². The molecule has 0 atom stereocenters. The van der Waals surface area contributed by atoms with Crippen molar-refractivity contribution in [3.05, 3.63) is 24.0 Å². The molecule has 2 N–H and O–H groups in total. The maximum absolute atomic E-state index is 5.96. The van der Waals surface area contributed by atoms with Crippen LogP contribution in [0.2, 0.25) is 0 Å². The van der Waals surface area contributed by atoms with Crippen LogP contribution in [-0.2, 0) is 5.54 Å². The summed E-state index contributed by atoms with van der Waals surface area (Å²) < 4.78 is 5.14. The van der Waals surface area contributed by atoms with Gasteiger partial charge in [-0.3, -0.25) is 0 Å². The quantitative estimate of drug-likeness (QED) is 0.799. The van der Waals surface area contributed by atoms with Crippen molar-refractivity contribution in [2.24, 2.45) is 5.73 Å². The third-order valence-electron chi connectivity index (χ3n) is 2.65. The van der Waals surface area contributed by atoms with Gasteiger partial charge in [-0.25, -0.2) is 9.97 Å². The summed E-state index contributed by atoms with van der Waals surface area (Å²) in [5, 5.41) is 3.88. The predicted molar refractivity (Wildman–Crippen MR) is 55.2 cm³/mol. The average molecular weight is 217 g/mol. The van der Waals surface area contributed by atoms with Crippen LogP contribution in [0, 0.1) is 6.92 Å². The van der Waals surface area contributed by atoms with E-state index in [0.29, 0.717) is 23.2 Å². The second-order valence-electron chi connectivity index (χ2n) is 4.07. The Morgan fingerprint density at radius 3 is 2.88 bits per heavy atom. The number of nitrogens with zero attached hydrogens (tertiary/aromatic N) is 4. The van der Waals surface area contributed by atoms with Gasteiger partial charge in [0.2, 0.25) is 11.7 Å². The van der Waals surface area contributed by atoms with E-state index in [1.54, 1.807) is 12.3 Å². The van der Waals surface area contributed by atoms with E-state index in [0.717, 1.165) is 12.8 Å². The summed E-state index contributed by atoms with van der Waals surface area (Å²) in [4.78, 5) is 12.5. The first kappa shape index (κ1) is 9.41. The highest BCUT2D eigenvalue weighted by molar-refractivity contribution is 5.47. The van der Waals surface area contributed by atoms with E-state index in [2.05, 4.69) is 20.1 Å². The molecule has 1 saturated carbocycles. The molecule has 2 aromatic heterocycles. The van der Waals surface area contributed by atoms with Crippen LogP contribution in [0.5, 0.6) is 0 Å². The topological polar surface area (TPSA) is 90.7 Å². The van der Waals surface area contributed by atoms with Gasteiger partial charge in [0.1, 0.15) is 11.5 Å². The molecular formula is C10H11N5O. The fourth-order valence-electron chi connectivity index (χ4n) is 1.46. The summed E-state index contributed by atoms with van der Waals surface area (Å²) >= 11 is 0. The lowest BCUT2D eigenvalue weighted by atomic mass is 10.3. The van der Waals surface area contributed by atoms with Crippen LogP contribution in [0.4, 0.5) is 0 Å². The van der Waals surface area contributed by atoms with Gasteiger partial charge in [-0.1, -0.05) is 5.16 Å². The SMILES string of the molecule is Cc1nccc(-c2noc(C3(N)CC3)n2)n1. The third kappa shape index (κ3) is 1.47. The van der Waals surface area contributed by atoms with Crippen molar-refractivity contribution in [3.63, 3.8) is 0 Å². The number of aryl methyl sites for hydroxylation is 1. The molecule has 1 aliphatic carbocycles. The van der Waals surface area contributed by atoms with Gasteiger partial charge in [0, 0.05) is 6.20 Å². The maximum Gasteiger partial charge on any atom is 0.247 e. The highest BCUT2D eigenvalue weighted by Gasteiger charge is 2.45. The molecule has 0 spiro atoms. The van der Waals surface area contributed by atoms with E-state index >= 15 is 0 Å². The lowest BCUT2D eigenvalue weighted by molar-refractivity contribution is 0.348. The van der Waals surface area contributed by atoms with Crippen molar-refractivity contribution >= 4 is 0 Å². The van der Waals surface area contributed by atoms with Gasteiger partial charge in [-0.15, -0.1) is 0 Å². The zero-order valence-electron chi connectivity index (χ0n) is 8.84. The van der Waals surface area contributed by atoms with E-state index in [4.69, 9.17) is 10.3 Å². The highest BCUT2D eigenvalue weighted by Crippen LogP contribution is 2.41. The van der Waals surface area contributed by atoms with Crippen LogP contribution < -0.4 is 5.73 Å². The van der Waals surface area contributed by atoms with Crippen molar-refractivity contribution in [2.75, 3.05) is 0 Å². The molecule has 2 aromatic rings. The zero-order valence-corrected chi connectivity index (χ0v) is 8.84. The fourth-order valence-corrected chi connectivity index (χ4v) is 1.46. The number of hydrogen-bond donors (Lipinski definition) is 1. The molecule has 1 aliphatic rings. The van der Waals surface area contributed by atoms with Crippen molar-refractivity contribution < 1.29 is 4.52 Å². The standard InChI is InChI=1S/C10H11N5O/c1-6-12-5-2-7(13-6)8-14-9(16-15-8)10(11)3-4-10/h2,5H,3-4,11H2,1H3. The molecule has 6 nitrogen and oxygen atoms in total. The van der Waals surface area contributed by atoms with Crippen LogP contribution in [-0.4, -0.2) is 20.1 Å². The summed E-state index contributed by atoms with van der Waals surface area (Å²) in [6.45, 7) is 1.82. The Morgan fingerprint density at radius 2 is 2.19 bits per heavy atom. The van der Waals surface area contributed by atoms with Gasteiger partial charge in [0.15, 0.2) is 0 Å². The lowest BCUT2D eigenvalue weighted by Gasteiger charge is -1.97. The molecule has 0 amide bonds. The Balaban J connectivity index is 1.98. The summed E-state index contributed by atoms with van der Waals surface area (Å²) in [5.74, 6) is 1.65. The zero-order chi connectivity index (χ0) is 11.2. The smallest absolute Gasteiger partial charge is 0.247 e. The minimum absolute atomic E-state index is 0.396. The monoisotopic (exact) mass is 217 g/mol. The second kappa shape index (κ2) is 3.08. The Hall–Kier alpha value is -1.82. The first-order valence-corrected chi connectivity index (χ1v) is 5.10. The van der Waals surface area contributed by atoms with Crippen LogP contribution >= 0.6 is 0 Å². The van der Waals surface area contributed by atoms with Gasteiger partial charge in [0.05, 0.1) is 5.54 Å². The van der Waals surface area contributed by atoms with Crippen LogP contribution in [0.1, 0.15) is 24.6 Å². The van der Waals surface area contributed by atoms with Gasteiger partial charge in [-0.05, 0) is 25.8 Å². The normalized spacial score (nSPS) is 17.4. The van der Waals surface area contributed by atoms with Crippen LogP contribution in [0.15, 0.2) is 16.8 Å². The average Bonchev–Trinajstić information content (AvgIpc) is 2.83. The number of hydrogen-bond acceptors (Lipinski definition) is 6. The summed E-state index contributed by atoms with van der Waals surface area (Å²) in [6.07, 6.45) is 3.47. The molecule has 0 radical (unpaired) electrons. The van der Waals surface area contributed by atoms with Crippen molar-refractivity contribution in [3.8, 4) is 11.5 Å². The molecule has 16 heavy (non-hydrogen) atoms. The summed E-state index contributed by atoms with van der Waals surface area (Å²) in [5.41, 5.74) is 6.22. The molecule has 0 bridgehead atoms. The number of nitrogens with two attached hydrogens (primary N) is 1. The number of rotatable bonds is 2. The minimum Gasteiger partial charge on any atom is -0.337 e. The minimum atomic E-state index is -0.396. The molecule has 0 aromatic carbocycles. The Kier molecular flexibility index (Phi) is 1.81. The van der Waals surface area contributed by atoms with Gasteiger partial charge in [-0.2, -0.15) is 4.98 Å². The molecule has 1 fully saturated rings. The maximum atomic E-state index is 5.96. The Bertz CT molecular complexity index is 532. The first-order chi connectivity index (χ1) is 7.67. The van der Waals surface area contributed by atoms with Crippen molar-refractivity contribution in [2.45, 2.75) is 25.3 Å². The molecular weight excluding hydrogens is 206 g/mol. The molecule has 0 aliphatic heterocycles. The highest BCUT2D eigenvalue weighted by atomic mass is 16.5.